The molecule has 0 radical (unpaired) electrons. The summed E-state index contributed by atoms with van der Waals surface area (Å²) in [7, 11) is -3.69. The van der Waals surface area contributed by atoms with Crippen molar-refractivity contribution in [1.82, 2.24) is 0 Å². The van der Waals surface area contributed by atoms with E-state index in [1.165, 1.54) is 6.92 Å². The number of sulfone groups is 1. The predicted octanol–water partition coefficient (Wildman–Crippen LogP) is 2.69. The highest BCUT2D eigenvalue weighted by Gasteiger charge is 2.27. The van der Waals surface area contributed by atoms with E-state index in [0.717, 1.165) is 17.6 Å². The topological polar surface area (TPSA) is 89.3 Å². The summed E-state index contributed by atoms with van der Waals surface area (Å²) >= 11 is 0.833. The largest absolute Gasteiger partial charge is 0.396 e. The molecule has 0 amide bonds. The van der Waals surface area contributed by atoms with Gasteiger partial charge in [-0.25, -0.2) is 8.42 Å². The number of nitrogens with two attached hydrogens (primary N) is 1. The molecule has 0 aliphatic carbocycles. The summed E-state index contributed by atoms with van der Waals surface area (Å²) in [6, 6.07) is 0. The van der Waals surface area contributed by atoms with Crippen LogP contribution in [0.5, 0.6) is 0 Å². The predicted molar refractivity (Wildman–Crippen MR) is 75.6 cm³/mol. The van der Waals surface area contributed by atoms with E-state index >= 15 is 0 Å². The summed E-state index contributed by atoms with van der Waals surface area (Å²) in [5.74, 6) is -0.397. The molecule has 21 heavy (non-hydrogen) atoms. The minimum atomic E-state index is -4.26. The molecule has 0 aliphatic rings. The standard InChI is InChI=1S/C11H15F3N2O3S2/c1-6(17)8-7(15)9(21(2,18)19)10(20-8)16-5-3-4-11(12,13)14/h16H,3-5,15H2,1-2H3. The first-order valence-electron chi connectivity index (χ1n) is 5.87. The molecule has 0 saturated heterocycles. The molecule has 1 rings (SSSR count). The van der Waals surface area contributed by atoms with Crippen LogP contribution in [-0.2, 0) is 9.84 Å². The SMILES string of the molecule is CC(=O)c1sc(NCCCC(F)(F)F)c(S(C)(=O)=O)c1N. The van der Waals surface area contributed by atoms with E-state index in [-0.39, 0.29) is 33.4 Å². The number of rotatable bonds is 6. The smallest absolute Gasteiger partial charge is 0.389 e. The van der Waals surface area contributed by atoms with Crippen molar-refractivity contribution >= 4 is 37.6 Å². The molecular formula is C11H15F3N2O3S2. The zero-order valence-electron chi connectivity index (χ0n) is 11.4. The van der Waals surface area contributed by atoms with Crippen molar-refractivity contribution in [2.24, 2.45) is 0 Å². The molecule has 0 unspecified atom stereocenters. The lowest BCUT2D eigenvalue weighted by atomic mass is 10.3. The maximum atomic E-state index is 12.0. The Balaban J connectivity index is 2.96. The van der Waals surface area contributed by atoms with Crippen LogP contribution in [0.15, 0.2) is 4.90 Å². The molecule has 0 fully saturated rings. The Morgan fingerprint density at radius 1 is 1.38 bits per heavy atom. The van der Waals surface area contributed by atoms with Gasteiger partial charge in [-0.05, 0) is 6.42 Å². The third-order valence-corrected chi connectivity index (χ3v) is 5.07. The number of alkyl halides is 3. The lowest BCUT2D eigenvalue weighted by molar-refractivity contribution is -0.134. The quantitative estimate of drug-likeness (QED) is 0.612. The van der Waals surface area contributed by atoms with Crippen LogP contribution >= 0.6 is 11.3 Å². The maximum Gasteiger partial charge on any atom is 0.389 e. The minimum absolute atomic E-state index is 0.0701. The molecule has 1 aromatic heterocycles. The van der Waals surface area contributed by atoms with Crippen molar-refractivity contribution in [3.05, 3.63) is 4.88 Å². The number of anilines is 2. The fraction of sp³-hybridized carbons (Fsp3) is 0.545. The number of hydrogen-bond donors (Lipinski definition) is 2. The van der Waals surface area contributed by atoms with Gasteiger partial charge in [0.05, 0.1) is 10.6 Å². The van der Waals surface area contributed by atoms with Crippen LogP contribution in [0, 0.1) is 0 Å². The highest BCUT2D eigenvalue weighted by atomic mass is 32.2. The first kappa shape index (κ1) is 17.8. The van der Waals surface area contributed by atoms with Crippen LogP contribution in [0.25, 0.3) is 0 Å². The van der Waals surface area contributed by atoms with Gasteiger partial charge in [0.2, 0.25) is 0 Å². The van der Waals surface area contributed by atoms with E-state index in [1.807, 2.05) is 0 Å². The van der Waals surface area contributed by atoms with E-state index in [4.69, 9.17) is 5.73 Å². The maximum absolute atomic E-state index is 12.0. The van der Waals surface area contributed by atoms with Crippen molar-refractivity contribution in [2.45, 2.75) is 30.8 Å². The van der Waals surface area contributed by atoms with Crippen molar-refractivity contribution in [3.63, 3.8) is 0 Å². The van der Waals surface area contributed by atoms with Gasteiger partial charge in [-0.3, -0.25) is 4.79 Å². The number of carbonyl (C=O) groups is 1. The summed E-state index contributed by atoms with van der Waals surface area (Å²) in [6.07, 6.45) is -4.52. The first-order chi connectivity index (χ1) is 9.43. The molecule has 0 atom stereocenters. The average molecular weight is 344 g/mol. The third kappa shape index (κ3) is 4.88. The Morgan fingerprint density at radius 3 is 2.38 bits per heavy atom. The van der Waals surface area contributed by atoms with Crippen molar-refractivity contribution in [3.8, 4) is 0 Å². The van der Waals surface area contributed by atoms with E-state index in [0.29, 0.717) is 0 Å². The summed E-state index contributed by atoms with van der Waals surface area (Å²) in [5.41, 5.74) is 5.50. The first-order valence-corrected chi connectivity index (χ1v) is 8.58. The van der Waals surface area contributed by atoms with Crippen LogP contribution in [-0.4, -0.2) is 33.2 Å². The Bertz CT molecular complexity index is 636. The molecule has 0 saturated carbocycles. The Kier molecular flexibility index (Phi) is 5.26. The van der Waals surface area contributed by atoms with E-state index in [1.54, 1.807) is 0 Å². The van der Waals surface area contributed by atoms with Crippen molar-refractivity contribution < 1.29 is 26.4 Å². The number of carbonyl (C=O) groups excluding carboxylic acids is 1. The number of Topliss-reactive ketones (excluding diaryl/α,β-unsaturated/α-hetero) is 1. The summed E-state index contributed by atoms with van der Waals surface area (Å²) < 4.78 is 59.5. The Labute approximate surface area is 124 Å². The minimum Gasteiger partial charge on any atom is -0.396 e. The van der Waals surface area contributed by atoms with E-state index in [9.17, 15) is 26.4 Å². The molecule has 0 aliphatic heterocycles. The van der Waals surface area contributed by atoms with Gasteiger partial charge < -0.3 is 11.1 Å². The second-order valence-corrected chi connectivity index (χ2v) is 7.45. The van der Waals surface area contributed by atoms with Crippen LogP contribution in [0.4, 0.5) is 23.9 Å². The van der Waals surface area contributed by atoms with Gasteiger partial charge in [0, 0.05) is 26.1 Å². The molecule has 120 valence electrons. The highest BCUT2D eigenvalue weighted by molar-refractivity contribution is 7.91. The normalized spacial score (nSPS) is 12.4. The van der Waals surface area contributed by atoms with Crippen LogP contribution < -0.4 is 11.1 Å². The van der Waals surface area contributed by atoms with Gasteiger partial charge in [0.25, 0.3) is 0 Å². The number of nitrogens with one attached hydrogen (secondary N) is 1. The molecule has 10 heteroatoms. The van der Waals surface area contributed by atoms with Crippen LogP contribution in [0.1, 0.15) is 29.4 Å². The molecule has 0 bridgehead atoms. The van der Waals surface area contributed by atoms with Crippen LogP contribution in [0.2, 0.25) is 0 Å². The monoisotopic (exact) mass is 344 g/mol. The zero-order chi connectivity index (χ0) is 16.4. The summed E-state index contributed by atoms with van der Waals surface area (Å²) in [4.78, 5) is 11.2. The molecule has 3 N–H and O–H groups in total. The molecule has 0 aromatic carbocycles. The van der Waals surface area contributed by atoms with Crippen LogP contribution in [0.3, 0.4) is 0 Å². The number of nitrogen functional groups attached to an aromatic ring is 1. The molecular weight excluding hydrogens is 329 g/mol. The lowest BCUT2D eigenvalue weighted by Crippen LogP contribution is -2.11. The van der Waals surface area contributed by atoms with Gasteiger partial charge in [-0.1, -0.05) is 0 Å². The lowest BCUT2D eigenvalue weighted by Gasteiger charge is -2.08. The van der Waals surface area contributed by atoms with Gasteiger partial charge in [-0.2, -0.15) is 13.2 Å². The summed E-state index contributed by atoms with van der Waals surface area (Å²) in [6.45, 7) is 1.17. The second kappa shape index (κ2) is 6.22. The highest BCUT2D eigenvalue weighted by Crippen LogP contribution is 2.39. The zero-order valence-corrected chi connectivity index (χ0v) is 13.0. The van der Waals surface area contributed by atoms with Crippen molar-refractivity contribution in [2.75, 3.05) is 23.9 Å². The second-order valence-electron chi connectivity index (χ2n) is 4.48. The number of ketones is 1. The average Bonchev–Trinajstić information content (AvgIpc) is 2.60. The molecule has 0 spiro atoms. The molecule has 1 aromatic rings. The Hall–Kier alpha value is -1.29. The molecule has 5 nitrogen and oxygen atoms in total. The van der Waals surface area contributed by atoms with Gasteiger partial charge >= 0.3 is 6.18 Å². The van der Waals surface area contributed by atoms with E-state index in [2.05, 4.69) is 5.32 Å². The fourth-order valence-electron chi connectivity index (χ4n) is 1.67. The van der Waals surface area contributed by atoms with E-state index < -0.39 is 28.2 Å². The van der Waals surface area contributed by atoms with Gasteiger partial charge in [-0.15, -0.1) is 11.3 Å². The van der Waals surface area contributed by atoms with Gasteiger partial charge in [0.15, 0.2) is 15.6 Å². The molecule has 1 heterocycles. The Morgan fingerprint density at radius 2 is 1.95 bits per heavy atom. The number of hydrogen-bond acceptors (Lipinski definition) is 6. The number of thiophene rings is 1. The fourth-order valence-corrected chi connectivity index (χ4v) is 4.16. The van der Waals surface area contributed by atoms with Gasteiger partial charge in [0.1, 0.15) is 9.90 Å². The number of halogens is 3. The summed E-state index contributed by atoms with van der Waals surface area (Å²) in [5, 5.41) is 2.72. The van der Waals surface area contributed by atoms with Crippen molar-refractivity contribution in [1.29, 1.82) is 0 Å². The third-order valence-electron chi connectivity index (χ3n) is 2.51.